The Morgan fingerprint density at radius 2 is 2.07 bits per heavy atom. The van der Waals surface area contributed by atoms with E-state index in [0.717, 1.165) is 11.3 Å². The number of primary sulfonamides is 1. The largest absolute Gasteiger partial charge is 0.465 e. The van der Waals surface area contributed by atoms with Crippen molar-refractivity contribution in [1.29, 1.82) is 0 Å². The van der Waals surface area contributed by atoms with Crippen LogP contribution in [0.3, 0.4) is 0 Å². The zero-order valence-electron chi connectivity index (χ0n) is 8.31. The van der Waals surface area contributed by atoms with E-state index in [9.17, 15) is 8.42 Å². The Morgan fingerprint density at radius 1 is 1.47 bits per heavy atom. The summed E-state index contributed by atoms with van der Waals surface area (Å²) in [6.07, 6.45) is 0. The molecule has 0 amide bonds. The van der Waals surface area contributed by atoms with Crippen LogP contribution in [0.5, 0.6) is 5.75 Å². The van der Waals surface area contributed by atoms with Crippen molar-refractivity contribution >= 4 is 26.4 Å². The molecule has 8 heteroatoms. The van der Waals surface area contributed by atoms with Crippen LogP contribution < -0.4 is 15.6 Å². The molecule has 1 heterocycles. The van der Waals surface area contributed by atoms with Crippen molar-refractivity contribution in [2.45, 2.75) is 11.8 Å². The van der Waals surface area contributed by atoms with Gasteiger partial charge in [0.2, 0.25) is 10.0 Å². The molecule has 1 rings (SSSR count). The summed E-state index contributed by atoms with van der Waals surface area (Å²) in [6.45, 7) is 1.64. The van der Waals surface area contributed by atoms with E-state index in [1.165, 1.54) is 7.11 Å². The molecule has 0 spiro atoms. The van der Waals surface area contributed by atoms with Gasteiger partial charge in [0.15, 0.2) is 17.4 Å². The average Bonchev–Trinajstić information content (AvgIpc) is 2.36. The molecule has 4 N–H and O–H groups in total. The molecule has 0 aliphatic rings. The van der Waals surface area contributed by atoms with Crippen LogP contribution in [0.4, 0.5) is 5.00 Å². The summed E-state index contributed by atoms with van der Waals surface area (Å²) >= 11 is 1.11. The Bertz CT molecular complexity index is 452. The number of rotatable bonds is 4. The number of anilines is 1. The van der Waals surface area contributed by atoms with Gasteiger partial charge in [-0.05, 0) is 6.92 Å². The van der Waals surface area contributed by atoms with Gasteiger partial charge < -0.3 is 15.2 Å². The number of aryl methyl sites for hydroxylation is 1. The maximum absolute atomic E-state index is 11.2. The Hall–Kier alpha value is -0.830. The number of nitrogen functional groups attached to an aromatic ring is 1. The minimum atomic E-state index is -3.87. The molecule has 0 atom stereocenters. The predicted molar refractivity (Wildman–Crippen MR) is 57.3 cm³/mol. The predicted octanol–water partition coefficient (Wildman–Crippen LogP) is 0.269. The average molecular weight is 252 g/mol. The van der Waals surface area contributed by atoms with Crippen molar-refractivity contribution < 1.29 is 17.9 Å². The number of nitrogens with two attached hydrogens (primary N) is 2. The van der Waals surface area contributed by atoms with E-state index in [0.29, 0.717) is 4.88 Å². The van der Waals surface area contributed by atoms with Crippen LogP contribution in [0.1, 0.15) is 4.88 Å². The number of hydrogen-bond donors (Lipinski definition) is 2. The first-order chi connectivity index (χ1) is 6.88. The summed E-state index contributed by atoms with van der Waals surface area (Å²) in [7, 11) is -2.44. The van der Waals surface area contributed by atoms with Crippen LogP contribution in [-0.2, 0) is 14.8 Å². The minimum Gasteiger partial charge on any atom is -0.465 e. The molecule has 0 aromatic carbocycles. The number of methoxy groups -OCH3 is 1. The van der Waals surface area contributed by atoms with Gasteiger partial charge in [0, 0.05) is 12.0 Å². The van der Waals surface area contributed by atoms with Crippen molar-refractivity contribution in [3.05, 3.63) is 4.88 Å². The van der Waals surface area contributed by atoms with E-state index in [1.54, 1.807) is 6.92 Å². The zero-order chi connectivity index (χ0) is 11.6. The van der Waals surface area contributed by atoms with E-state index in [1.807, 2.05) is 0 Å². The number of ether oxygens (including phenoxy) is 2. The topological polar surface area (TPSA) is 105 Å². The summed E-state index contributed by atoms with van der Waals surface area (Å²) in [4.78, 5) is 0.482. The van der Waals surface area contributed by atoms with Crippen molar-refractivity contribution in [1.82, 2.24) is 0 Å². The molecule has 86 valence electrons. The molecule has 15 heavy (non-hydrogen) atoms. The molecule has 6 nitrogen and oxygen atoms in total. The summed E-state index contributed by atoms with van der Waals surface area (Å²) in [5.74, 6) is 0.168. The second kappa shape index (κ2) is 4.35. The van der Waals surface area contributed by atoms with E-state index < -0.39 is 10.0 Å². The van der Waals surface area contributed by atoms with E-state index in [4.69, 9.17) is 15.6 Å². The number of sulfonamides is 1. The molecule has 1 aromatic heterocycles. The van der Waals surface area contributed by atoms with E-state index >= 15 is 0 Å². The van der Waals surface area contributed by atoms with Crippen LogP contribution >= 0.6 is 11.3 Å². The fraction of sp³-hybridized carbons (Fsp3) is 0.429. The Labute approximate surface area is 91.8 Å². The summed E-state index contributed by atoms with van der Waals surface area (Å²) in [5, 5.41) is 5.15. The second-order valence-corrected chi connectivity index (χ2v) is 5.53. The van der Waals surface area contributed by atoms with Crippen molar-refractivity contribution in [3.8, 4) is 5.75 Å². The number of hydrogen-bond acceptors (Lipinski definition) is 6. The molecule has 0 aliphatic carbocycles. The van der Waals surface area contributed by atoms with Crippen LogP contribution in [-0.4, -0.2) is 22.3 Å². The van der Waals surface area contributed by atoms with Crippen LogP contribution in [0.15, 0.2) is 4.90 Å². The molecule has 0 radical (unpaired) electrons. The van der Waals surface area contributed by atoms with Crippen molar-refractivity contribution in [3.63, 3.8) is 0 Å². The summed E-state index contributed by atoms with van der Waals surface area (Å²) < 4.78 is 32.3. The highest BCUT2D eigenvalue weighted by Crippen LogP contribution is 2.39. The zero-order valence-corrected chi connectivity index (χ0v) is 9.94. The highest BCUT2D eigenvalue weighted by atomic mass is 32.2. The van der Waals surface area contributed by atoms with Gasteiger partial charge in [0.25, 0.3) is 0 Å². The highest BCUT2D eigenvalue weighted by Gasteiger charge is 2.24. The van der Waals surface area contributed by atoms with Crippen LogP contribution in [0.25, 0.3) is 0 Å². The van der Waals surface area contributed by atoms with Gasteiger partial charge in [-0.2, -0.15) is 0 Å². The third-order valence-electron chi connectivity index (χ3n) is 1.62. The fourth-order valence-corrected chi connectivity index (χ4v) is 3.14. The van der Waals surface area contributed by atoms with Gasteiger partial charge in [-0.25, -0.2) is 13.6 Å². The molecule has 1 aromatic rings. The Balaban J connectivity index is 3.24. The lowest BCUT2D eigenvalue weighted by molar-refractivity contribution is 0.0490. The van der Waals surface area contributed by atoms with Gasteiger partial charge in [-0.15, -0.1) is 11.3 Å². The molecular formula is C7H12N2O4S2. The lowest BCUT2D eigenvalue weighted by Gasteiger charge is -2.06. The third-order valence-corrected chi connectivity index (χ3v) is 3.64. The first-order valence-corrected chi connectivity index (χ1v) is 6.27. The maximum atomic E-state index is 11.2. The molecule has 0 aliphatic heterocycles. The smallest absolute Gasteiger partial charge is 0.244 e. The van der Waals surface area contributed by atoms with E-state index in [2.05, 4.69) is 4.74 Å². The molecule has 0 unspecified atom stereocenters. The highest BCUT2D eigenvalue weighted by molar-refractivity contribution is 7.89. The Morgan fingerprint density at radius 3 is 2.53 bits per heavy atom. The van der Waals surface area contributed by atoms with Gasteiger partial charge >= 0.3 is 0 Å². The van der Waals surface area contributed by atoms with E-state index in [-0.39, 0.29) is 22.4 Å². The van der Waals surface area contributed by atoms with Crippen LogP contribution in [0.2, 0.25) is 0 Å². The third kappa shape index (κ3) is 2.59. The quantitative estimate of drug-likeness (QED) is 0.748. The van der Waals surface area contributed by atoms with Crippen molar-refractivity contribution in [2.75, 3.05) is 19.6 Å². The molecule has 0 saturated heterocycles. The van der Waals surface area contributed by atoms with Crippen molar-refractivity contribution in [2.24, 2.45) is 5.14 Å². The fourth-order valence-electron chi connectivity index (χ4n) is 1.08. The standard InChI is InChI=1S/C7H12N2O4S2/c1-4-5(13-3-12-2)6(7(8)14-4)15(9,10)11/h3,8H2,1-2H3,(H2,9,10,11). The Kier molecular flexibility index (Phi) is 3.55. The summed E-state index contributed by atoms with van der Waals surface area (Å²) in [6, 6.07) is 0. The normalized spacial score (nSPS) is 11.7. The lowest BCUT2D eigenvalue weighted by atomic mass is 10.4. The summed E-state index contributed by atoms with van der Waals surface area (Å²) in [5.41, 5.74) is 5.54. The van der Waals surface area contributed by atoms with Gasteiger partial charge in [0.05, 0.1) is 0 Å². The molecule has 0 bridgehead atoms. The van der Waals surface area contributed by atoms with Gasteiger partial charge in [-0.1, -0.05) is 0 Å². The first-order valence-electron chi connectivity index (χ1n) is 3.91. The van der Waals surface area contributed by atoms with Crippen LogP contribution in [0, 0.1) is 6.92 Å². The first kappa shape index (κ1) is 12.2. The lowest BCUT2D eigenvalue weighted by Crippen LogP contribution is -2.15. The minimum absolute atomic E-state index is 0.0560. The number of thiophene rings is 1. The van der Waals surface area contributed by atoms with Gasteiger partial charge in [0.1, 0.15) is 5.00 Å². The molecule has 0 saturated carbocycles. The molecular weight excluding hydrogens is 240 g/mol. The second-order valence-electron chi connectivity index (χ2n) is 2.78. The SMILES string of the molecule is COCOc1c(C)sc(N)c1S(N)(=O)=O. The molecule has 0 fully saturated rings. The maximum Gasteiger partial charge on any atom is 0.244 e. The van der Waals surface area contributed by atoms with Gasteiger partial charge in [-0.3, -0.25) is 0 Å². The monoisotopic (exact) mass is 252 g/mol.